The Hall–Kier alpha value is -4.57. The number of nitrogens with zero attached hydrogens (tertiary/aromatic N) is 4. The zero-order valence-corrected chi connectivity index (χ0v) is 21.6. The van der Waals surface area contributed by atoms with E-state index >= 15 is 0 Å². The molecule has 2 aromatic carbocycles. The van der Waals surface area contributed by atoms with Crippen molar-refractivity contribution in [3.63, 3.8) is 0 Å². The molecule has 3 aromatic heterocycles. The number of fused-ring (bicyclic) bond motifs is 2. The number of rotatable bonds is 6. The van der Waals surface area contributed by atoms with Crippen LogP contribution in [-0.2, 0) is 11.8 Å². The first-order valence-corrected chi connectivity index (χ1v) is 12.9. The van der Waals surface area contributed by atoms with E-state index in [1.807, 2.05) is 48.9 Å². The number of benzene rings is 2. The van der Waals surface area contributed by atoms with Gasteiger partial charge in [0, 0.05) is 30.3 Å². The maximum atomic E-state index is 13.7. The number of carbonyl (C=O) groups excluding carboxylic acids is 2. The molecule has 1 aliphatic rings. The van der Waals surface area contributed by atoms with Gasteiger partial charge in [0.1, 0.15) is 5.82 Å². The van der Waals surface area contributed by atoms with Gasteiger partial charge in [0.05, 0.1) is 17.6 Å². The minimum absolute atomic E-state index is 0.129. The number of nitrogens with one attached hydrogen (secondary N) is 3. The molecule has 0 saturated carbocycles. The summed E-state index contributed by atoms with van der Waals surface area (Å²) >= 11 is 0. The molecule has 5 aromatic rings. The topological polar surface area (TPSA) is 105 Å². The highest BCUT2D eigenvalue weighted by Crippen LogP contribution is 2.29. The van der Waals surface area contributed by atoms with E-state index in [0.717, 1.165) is 41.4 Å². The maximum absolute atomic E-state index is 13.7. The summed E-state index contributed by atoms with van der Waals surface area (Å²) in [7, 11) is 1.90. The molecule has 0 bridgehead atoms. The number of hydrogen-bond donors (Lipinski definition) is 3. The monoisotopic (exact) mass is 525 g/mol. The van der Waals surface area contributed by atoms with Crippen LogP contribution in [0.3, 0.4) is 0 Å². The van der Waals surface area contributed by atoms with Crippen molar-refractivity contribution < 1.29 is 14.0 Å². The van der Waals surface area contributed by atoms with Crippen molar-refractivity contribution >= 4 is 34.3 Å². The first-order valence-electron chi connectivity index (χ1n) is 12.9. The average molecular weight is 526 g/mol. The van der Waals surface area contributed by atoms with Crippen LogP contribution in [0.5, 0.6) is 0 Å². The van der Waals surface area contributed by atoms with Gasteiger partial charge in [-0.3, -0.25) is 14.9 Å². The first-order chi connectivity index (χ1) is 18.9. The number of aromatic nitrogens is 4. The lowest BCUT2D eigenvalue weighted by atomic mass is 10.0. The second-order valence-corrected chi connectivity index (χ2v) is 9.93. The van der Waals surface area contributed by atoms with E-state index in [1.165, 1.54) is 12.1 Å². The highest BCUT2D eigenvalue weighted by atomic mass is 19.1. The number of carbonyl (C=O) groups is 2. The number of amides is 2. The summed E-state index contributed by atoms with van der Waals surface area (Å²) in [4.78, 5) is 30.2. The lowest BCUT2D eigenvalue weighted by Crippen LogP contribution is -2.35. The smallest absolute Gasteiger partial charge is 0.253 e. The van der Waals surface area contributed by atoms with Crippen molar-refractivity contribution in [1.82, 2.24) is 29.8 Å². The Morgan fingerprint density at radius 1 is 1.13 bits per heavy atom. The Bertz CT molecular complexity index is 1720. The van der Waals surface area contributed by atoms with Gasteiger partial charge >= 0.3 is 0 Å². The number of hydrogen-bond acceptors (Lipinski definition) is 5. The molecular formula is C29H28FN7O2. The van der Waals surface area contributed by atoms with Crippen LogP contribution in [0.4, 0.5) is 10.3 Å². The predicted octanol–water partition coefficient (Wildman–Crippen LogP) is 4.21. The van der Waals surface area contributed by atoms with E-state index in [9.17, 15) is 14.0 Å². The van der Waals surface area contributed by atoms with E-state index < -0.39 is 0 Å². The molecule has 10 heteroatoms. The minimum atomic E-state index is -0.360. The number of pyridine rings is 1. The van der Waals surface area contributed by atoms with Crippen molar-refractivity contribution in [3.05, 3.63) is 83.9 Å². The molecule has 0 spiro atoms. The summed E-state index contributed by atoms with van der Waals surface area (Å²) in [5, 5.41) is 14.1. The molecule has 2 amide bonds. The van der Waals surface area contributed by atoms with Gasteiger partial charge in [-0.25, -0.2) is 8.91 Å². The van der Waals surface area contributed by atoms with Gasteiger partial charge in [0.15, 0.2) is 5.65 Å². The third kappa shape index (κ3) is 4.86. The summed E-state index contributed by atoms with van der Waals surface area (Å²) in [5.41, 5.74) is 4.55. The Kier molecular flexibility index (Phi) is 6.32. The molecule has 1 fully saturated rings. The lowest BCUT2D eigenvalue weighted by molar-refractivity contribution is -0.117. The molecule has 39 heavy (non-hydrogen) atoms. The molecular weight excluding hydrogens is 497 g/mol. The molecule has 0 unspecified atom stereocenters. The van der Waals surface area contributed by atoms with Crippen LogP contribution in [0.15, 0.2) is 67.0 Å². The molecule has 2 atom stereocenters. The number of anilines is 1. The Morgan fingerprint density at radius 2 is 1.97 bits per heavy atom. The first kappa shape index (κ1) is 24.7. The van der Waals surface area contributed by atoms with Gasteiger partial charge in [0.2, 0.25) is 11.9 Å². The van der Waals surface area contributed by atoms with Crippen LogP contribution < -0.4 is 16.0 Å². The fourth-order valence-corrected chi connectivity index (χ4v) is 5.11. The van der Waals surface area contributed by atoms with E-state index in [4.69, 9.17) is 0 Å². The normalized spacial score (nSPS) is 16.0. The Morgan fingerprint density at radius 3 is 2.77 bits per heavy atom. The molecule has 6 rings (SSSR count). The van der Waals surface area contributed by atoms with E-state index in [-0.39, 0.29) is 35.7 Å². The second kappa shape index (κ2) is 9.95. The molecule has 4 heterocycles. The summed E-state index contributed by atoms with van der Waals surface area (Å²) in [5.74, 6) is -0.445. The molecule has 0 radical (unpaired) electrons. The lowest BCUT2D eigenvalue weighted by Gasteiger charge is -2.14. The third-order valence-electron chi connectivity index (χ3n) is 7.21. The van der Waals surface area contributed by atoms with Crippen molar-refractivity contribution in [1.29, 1.82) is 0 Å². The highest BCUT2D eigenvalue weighted by Gasteiger charge is 2.23. The van der Waals surface area contributed by atoms with Gasteiger partial charge in [0.25, 0.3) is 5.91 Å². The largest absolute Gasteiger partial charge is 0.350 e. The van der Waals surface area contributed by atoms with Gasteiger partial charge in [-0.1, -0.05) is 18.2 Å². The molecule has 9 nitrogen and oxygen atoms in total. The van der Waals surface area contributed by atoms with E-state index in [2.05, 4.69) is 26.0 Å². The Labute approximate surface area is 224 Å². The molecule has 1 aliphatic heterocycles. The maximum Gasteiger partial charge on any atom is 0.253 e. The summed E-state index contributed by atoms with van der Waals surface area (Å²) in [6.07, 6.45) is 5.37. The standard InChI is InChI=1S/C29H28FN7O2/c1-17(18-5-3-6-21(30)13-18)32-27(38)23-16-36(2)25-9-8-19(14-22(23)25)20-10-12-37-26(15-20)33-29(35-37)34-28(39)24-7-4-11-31-24/h3,5-6,8-10,12-17,24,31H,4,7,11H2,1-2H3,(H,32,38)(H,34,35,39)/t17-,24-/m0/s1. The van der Waals surface area contributed by atoms with Crippen molar-refractivity contribution in [2.24, 2.45) is 7.05 Å². The highest BCUT2D eigenvalue weighted by molar-refractivity contribution is 6.08. The van der Waals surface area contributed by atoms with Crippen LogP contribution in [0.1, 0.15) is 41.7 Å². The summed E-state index contributed by atoms with van der Waals surface area (Å²) in [6, 6.07) is 15.4. The van der Waals surface area contributed by atoms with Gasteiger partial charge < -0.3 is 15.2 Å². The van der Waals surface area contributed by atoms with Gasteiger partial charge in [-0.15, -0.1) is 5.10 Å². The van der Waals surface area contributed by atoms with Gasteiger partial charge in [-0.05, 0) is 79.4 Å². The Balaban J connectivity index is 1.27. The number of halogens is 1. The molecule has 0 aliphatic carbocycles. The van der Waals surface area contributed by atoms with Crippen LogP contribution in [0.2, 0.25) is 0 Å². The minimum Gasteiger partial charge on any atom is -0.350 e. The van der Waals surface area contributed by atoms with E-state index in [1.54, 1.807) is 29.0 Å². The molecule has 3 N–H and O–H groups in total. The summed E-state index contributed by atoms with van der Waals surface area (Å²) in [6.45, 7) is 2.67. The van der Waals surface area contributed by atoms with Crippen LogP contribution >= 0.6 is 0 Å². The van der Waals surface area contributed by atoms with Crippen LogP contribution in [-0.4, -0.2) is 43.6 Å². The zero-order valence-electron chi connectivity index (χ0n) is 21.6. The summed E-state index contributed by atoms with van der Waals surface area (Å²) < 4.78 is 17.2. The van der Waals surface area contributed by atoms with Crippen LogP contribution in [0, 0.1) is 5.82 Å². The molecule has 1 saturated heterocycles. The predicted molar refractivity (Wildman–Crippen MR) is 147 cm³/mol. The average Bonchev–Trinajstić information content (AvgIpc) is 3.67. The van der Waals surface area contributed by atoms with Crippen molar-refractivity contribution in [2.45, 2.75) is 31.8 Å². The van der Waals surface area contributed by atoms with Crippen molar-refractivity contribution in [3.8, 4) is 11.1 Å². The SMILES string of the molecule is C[C@H](NC(=O)c1cn(C)c2ccc(-c3ccn4nc(NC(=O)[C@@H]5CCCN5)nc4c3)cc12)c1cccc(F)c1. The second-order valence-electron chi connectivity index (χ2n) is 9.93. The van der Waals surface area contributed by atoms with Crippen molar-refractivity contribution in [2.75, 3.05) is 11.9 Å². The van der Waals surface area contributed by atoms with Gasteiger partial charge in [-0.2, -0.15) is 4.98 Å². The fourth-order valence-electron chi connectivity index (χ4n) is 5.11. The zero-order chi connectivity index (χ0) is 27.1. The molecule has 198 valence electrons. The fraction of sp³-hybridized carbons (Fsp3) is 0.241. The quantitative estimate of drug-likeness (QED) is 0.308. The van der Waals surface area contributed by atoms with Crippen LogP contribution in [0.25, 0.3) is 27.7 Å². The number of aryl methyl sites for hydroxylation is 1. The van der Waals surface area contributed by atoms with E-state index in [0.29, 0.717) is 16.8 Å². The third-order valence-corrected chi connectivity index (χ3v) is 7.21.